The van der Waals surface area contributed by atoms with Gasteiger partial charge in [0.15, 0.2) is 0 Å². The second-order valence-corrected chi connectivity index (χ2v) is 6.76. The molecule has 7 heteroatoms. The lowest BCUT2D eigenvalue weighted by Gasteiger charge is -2.16. The van der Waals surface area contributed by atoms with Crippen LogP contribution in [0.3, 0.4) is 0 Å². The van der Waals surface area contributed by atoms with E-state index in [0.717, 1.165) is 11.3 Å². The minimum Gasteiger partial charge on any atom is -0.494 e. The number of nitrogens with zero attached hydrogens (tertiary/aromatic N) is 3. The molecule has 0 spiro atoms. The van der Waals surface area contributed by atoms with Crippen molar-refractivity contribution in [2.24, 2.45) is 0 Å². The third kappa shape index (κ3) is 3.47. The highest BCUT2D eigenvalue weighted by molar-refractivity contribution is 5.96. The summed E-state index contributed by atoms with van der Waals surface area (Å²) in [5.41, 5.74) is 1.97. The van der Waals surface area contributed by atoms with Crippen molar-refractivity contribution in [3.63, 3.8) is 0 Å². The Labute approximate surface area is 161 Å². The van der Waals surface area contributed by atoms with Gasteiger partial charge in [-0.3, -0.25) is 4.79 Å². The van der Waals surface area contributed by atoms with Gasteiger partial charge in [0.1, 0.15) is 11.6 Å². The van der Waals surface area contributed by atoms with Crippen molar-refractivity contribution in [2.45, 2.75) is 26.2 Å². The first-order chi connectivity index (χ1) is 13.5. The van der Waals surface area contributed by atoms with Crippen molar-refractivity contribution in [1.29, 1.82) is 0 Å². The third-order valence-corrected chi connectivity index (χ3v) is 4.77. The van der Waals surface area contributed by atoms with Crippen molar-refractivity contribution >= 4 is 11.6 Å². The molecule has 1 amide bonds. The summed E-state index contributed by atoms with van der Waals surface area (Å²) in [6, 6.07) is 12.1. The molecule has 3 aromatic rings. The first-order valence-electron chi connectivity index (χ1n) is 9.18. The minimum absolute atomic E-state index is 0.0471. The van der Waals surface area contributed by atoms with Crippen molar-refractivity contribution in [2.75, 3.05) is 18.1 Å². The van der Waals surface area contributed by atoms with Crippen LogP contribution in [0.2, 0.25) is 0 Å². The monoisotopic (exact) mass is 381 g/mol. The lowest BCUT2D eigenvalue weighted by atomic mass is 10.1. The van der Waals surface area contributed by atoms with Gasteiger partial charge < -0.3 is 14.2 Å². The Morgan fingerprint density at radius 2 is 2.14 bits per heavy atom. The molecule has 1 fully saturated rings. The van der Waals surface area contributed by atoms with E-state index in [1.807, 2.05) is 31.2 Å². The number of benzene rings is 2. The topological polar surface area (TPSA) is 68.5 Å². The fourth-order valence-electron chi connectivity index (χ4n) is 3.33. The smallest absolute Gasteiger partial charge is 0.232 e. The molecule has 1 atom stereocenters. The predicted octanol–water partition coefficient (Wildman–Crippen LogP) is 4.10. The normalized spacial score (nSPS) is 16.6. The zero-order chi connectivity index (χ0) is 19.7. The van der Waals surface area contributed by atoms with Crippen LogP contribution in [-0.2, 0) is 4.79 Å². The molecular formula is C21H20FN3O3. The van der Waals surface area contributed by atoms with Crippen LogP contribution in [0.25, 0.3) is 11.4 Å². The SMILES string of the molecule is CCOc1cccc(-c2noc(C3CC(=O)N(c4ccc(F)c(C)c4)C3)n2)c1. The summed E-state index contributed by atoms with van der Waals surface area (Å²) < 4.78 is 24.5. The third-order valence-electron chi connectivity index (χ3n) is 4.77. The van der Waals surface area contributed by atoms with Crippen molar-refractivity contribution in [3.05, 3.63) is 59.7 Å². The molecule has 1 aliphatic heterocycles. The van der Waals surface area contributed by atoms with Gasteiger partial charge in [0.05, 0.1) is 12.5 Å². The number of aromatic nitrogens is 2. The van der Waals surface area contributed by atoms with E-state index in [4.69, 9.17) is 9.26 Å². The standard InChI is InChI=1S/C21H20FN3O3/c1-3-27-17-6-4-5-14(10-17)20-23-21(28-24-20)15-11-19(26)25(12-15)16-7-8-18(22)13(2)9-16/h4-10,15H,3,11-12H2,1-2H3. The molecule has 1 saturated heterocycles. The summed E-state index contributed by atoms with van der Waals surface area (Å²) in [5.74, 6) is 1.08. The van der Waals surface area contributed by atoms with Crippen LogP contribution in [-0.4, -0.2) is 29.2 Å². The first-order valence-corrected chi connectivity index (χ1v) is 9.18. The lowest BCUT2D eigenvalue weighted by molar-refractivity contribution is -0.117. The average Bonchev–Trinajstić information content (AvgIpc) is 3.32. The Morgan fingerprint density at radius 3 is 2.93 bits per heavy atom. The van der Waals surface area contributed by atoms with Gasteiger partial charge >= 0.3 is 0 Å². The Kier molecular flexibility index (Phi) is 4.81. The molecule has 28 heavy (non-hydrogen) atoms. The number of amides is 1. The van der Waals surface area contributed by atoms with Crippen LogP contribution < -0.4 is 9.64 Å². The van der Waals surface area contributed by atoms with E-state index in [2.05, 4.69) is 10.1 Å². The molecule has 1 aliphatic rings. The second kappa shape index (κ2) is 7.42. The van der Waals surface area contributed by atoms with Gasteiger partial charge in [0.2, 0.25) is 17.6 Å². The van der Waals surface area contributed by atoms with Crippen molar-refractivity contribution in [3.8, 4) is 17.1 Å². The Hall–Kier alpha value is -3.22. The highest BCUT2D eigenvalue weighted by atomic mass is 19.1. The summed E-state index contributed by atoms with van der Waals surface area (Å²) in [6.07, 6.45) is 0.275. The highest BCUT2D eigenvalue weighted by Gasteiger charge is 2.35. The van der Waals surface area contributed by atoms with Crippen LogP contribution in [0, 0.1) is 12.7 Å². The van der Waals surface area contributed by atoms with Crippen LogP contribution in [0.4, 0.5) is 10.1 Å². The van der Waals surface area contributed by atoms with Gasteiger partial charge in [-0.15, -0.1) is 0 Å². The van der Waals surface area contributed by atoms with Gasteiger partial charge in [-0.2, -0.15) is 4.98 Å². The summed E-state index contributed by atoms with van der Waals surface area (Å²) in [4.78, 5) is 18.6. The van der Waals surface area contributed by atoms with Gasteiger partial charge in [-0.25, -0.2) is 4.39 Å². The van der Waals surface area contributed by atoms with Gasteiger partial charge in [0.25, 0.3) is 0 Å². The predicted molar refractivity (Wildman–Crippen MR) is 102 cm³/mol. The number of carbonyl (C=O) groups excluding carboxylic acids is 1. The summed E-state index contributed by atoms with van der Waals surface area (Å²) in [5, 5.41) is 4.06. The molecule has 144 valence electrons. The molecule has 1 unspecified atom stereocenters. The number of ether oxygens (including phenoxy) is 1. The van der Waals surface area contributed by atoms with E-state index in [9.17, 15) is 9.18 Å². The van der Waals surface area contributed by atoms with Crippen LogP contribution >= 0.6 is 0 Å². The van der Waals surface area contributed by atoms with Crippen molar-refractivity contribution < 1.29 is 18.4 Å². The Bertz CT molecular complexity index is 1020. The van der Waals surface area contributed by atoms with Gasteiger partial charge in [-0.05, 0) is 49.7 Å². The molecule has 1 aromatic heterocycles. The zero-order valence-corrected chi connectivity index (χ0v) is 15.7. The molecule has 0 saturated carbocycles. The second-order valence-electron chi connectivity index (χ2n) is 6.76. The highest BCUT2D eigenvalue weighted by Crippen LogP contribution is 2.33. The molecule has 0 aliphatic carbocycles. The Morgan fingerprint density at radius 1 is 1.29 bits per heavy atom. The number of rotatable bonds is 5. The van der Waals surface area contributed by atoms with E-state index in [0.29, 0.717) is 36.1 Å². The minimum atomic E-state index is -0.289. The first kappa shape index (κ1) is 18.2. The molecule has 6 nitrogen and oxygen atoms in total. The maximum atomic E-state index is 13.5. The molecule has 4 rings (SSSR count). The molecular weight excluding hydrogens is 361 g/mol. The quantitative estimate of drug-likeness (QED) is 0.665. The largest absolute Gasteiger partial charge is 0.494 e. The van der Waals surface area contributed by atoms with Gasteiger partial charge in [0, 0.05) is 24.2 Å². The molecule has 2 aromatic carbocycles. The number of hydrogen-bond acceptors (Lipinski definition) is 5. The zero-order valence-electron chi connectivity index (χ0n) is 15.7. The molecule has 0 N–H and O–H groups in total. The van der Waals surface area contributed by atoms with Crippen molar-refractivity contribution in [1.82, 2.24) is 10.1 Å². The summed E-state index contributed by atoms with van der Waals surface area (Å²) in [7, 11) is 0. The van der Waals surface area contributed by atoms with Crippen LogP contribution in [0.5, 0.6) is 5.75 Å². The number of hydrogen-bond donors (Lipinski definition) is 0. The number of halogens is 1. The molecule has 2 heterocycles. The average molecular weight is 381 g/mol. The van der Waals surface area contributed by atoms with E-state index in [1.54, 1.807) is 24.0 Å². The van der Waals surface area contributed by atoms with E-state index in [-0.39, 0.29) is 24.1 Å². The number of anilines is 1. The molecule has 0 bridgehead atoms. The fraction of sp³-hybridized carbons (Fsp3) is 0.286. The van der Waals surface area contributed by atoms with E-state index >= 15 is 0 Å². The Balaban J connectivity index is 1.54. The maximum Gasteiger partial charge on any atom is 0.232 e. The number of carbonyl (C=O) groups is 1. The fourth-order valence-corrected chi connectivity index (χ4v) is 3.33. The van der Waals surface area contributed by atoms with E-state index in [1.165, 1.54) is 6.07 Å². The van der Waals surface area contributed by atoms with E-state index < -0.39 is 0 Å². The van der Waals surface area contributed by atoms with Crippen LogP contribution in [0.15, 0.2) is 47.0 Å². The van der Waals surface area contributed by atoms with Crippen LogP contribution in [0.1, 0.15) is 30.7 Å². The molecule has 0 radical (unpaired) electrons. The summed E-state index contributed by atoms with van der Waals surface area (Å²) >= 11 is 0. The summed E-state index contributed by atoms with van der Waals surface area (Å²) in [6.45, 7) is 4.59. The van der Waals surface area contributed by atoms with Gasteiger partial charge in [-0.1, -0.05) is 17.3 Å². The number of aryl methyl sites for hydroxylation is 1. The maximum absolute atomic E-state index is 13.5. The lowest BCUT2D eigenvalue weighted by Crippen LogP contribution is -2.24.